The summed E-state index contributed by atoms with van der Waals surface area (Å²) in [6.07, 6.45) is 0.275. The van der Waals surface area contributed by atoms with Crippen molar-refractivity contribution in [2.24, 2.45) is 0 Å². The number of nitrogens with one attached hydrogen (secondary N) is 2. The molecule has 0 radical (unpaired) electrons. The molecule has 0 spiro atoms. The number of hydrogen-bond acceptors (Lipinski definition) is 5. The number of carbonyl (C=O) groups excluding carboxylic acids is 1. The largest absolute Gasteiger partial charge is 0.493 e. The number of hydrogen-bond donors (Lipinski definition) is 3. The van der Waals surface area contributed by atoms with Crippen LogP contribution in [0, 0.1) is 13.8 Å². The Morgan fingerprint density at radius 3 is 2.59 bits per heavy atom. The highest BCUT2D eigenvalue weighted by Gasteiger charge is 2.06. The van der Waals surface area contributed by atoms with E-state index in [9.17, 15) is 14.7 Å². The van der Waals surface area contributed by atoms with Crippen LogP contribution in [0.4, 0.5) is 5.69 Å². The number of aromatic hydroxyl groups is 1. The predicted molar refractivity (Wildman–Crippen MR) is 86.4 cm³/mol. The minimum atomic E-state index is -0.422. The molecule has 0 bridgehead atoms. The molecule has 0 aliphatic heterocycles. The van der Waals surface area contributed by atoms with Gasteiger partial charge in [-0.2, -0.15) is 4.98 Å². The maximum Gasteiger partial charge on any atom is 0.255 e. The van der Waals surface area contributed by atoms with Gasteiger partial charge in [0.15, 0.2) is 5.16 Å². The fourth-order valence-corrected chi connectivity index (χ4v) is 2.81. The minimum absolute atomic E-state index is 0.111. The Morgan fingerprint density at radius 1 is 1.27 bits per heavy atom. The van der Waals surface area contributed by atoms with E-state index in [4.69, 9.17) is 0 Å². The zero-order valence-electron chi connectivity index (χ0n) is 12.3. The molecular formula is C15H17N3O3S. The fourth-order valence-electron chi connectivity index (χ4n) is 2.00. The van der Waals surface area contributed by atoms with Gasteiger partial charge in [0, 0.05) is 17.9 Å². The lowest BCUT2D eigenvalue weighted by Gasteiger charge is -2.07. The van der Waals surface area contributed by atoms with Gasteiger partial charge in [0.05, 0.1) is 6.07 Å². The first kappa shape index (κ1) is 16.1. The van der Waals surface area contributed by atoms with Crippen LogP contribution in [-0.4, -0.2) is 26.7 Å². The van der Waals surface area contributed by atoms with E-state index in [1.54, 1.807) is 0 Å². The summed E-state index contributed by atoms with van der Waals surface area (Å²) in [4.78, 5) is 29.3. The number of aromatic amines is 1. The molecule has 1 aromatic carbocycles. The van der Waals surface area contributed by atoms with Gasteiger partial charge in [-0.25, -0.2) is 0 Å². The SMILES string of the molecule is Cc1cc(C)cc(NC(=O)CCSc2nc(O)cc(=O)[nH]2)c1. The van der Waals surface area contributed by atoms with Crippen LogP contribution >= 0.6 is 11.8 Å². The van der Waals surface area contributed by atoms with Crippen molar-refractivity contribution in [3.63, 3.8) is 0 Å². The molecule has 0 fully saturated rings. The minimum Gasteiger partial charge on any atom is -0.493 e. The molecule has 0 saturated heterocycles. The maximum absolute atomic E-state index is 11.9. The van der Waals surface area contributed by atoms with E-state index in [0.717, 1.165) is 22.9 Å². The molecule has 0 unspecified atom stereocenters. The first-order valence-corrected chi connectivity index (χ1v) is 7.72. The summed E-state index contributed by atoms with van der Waals surface area (Å²) in [6.45, 7) is 3.95. The molecule has 0 saturated carbocycles. The Bertz CT molecular complexity index is 723. The monoisotopic (exact) mass is 319 g/mol. The topological polar surface area (TPSA) is 95.1 Å². The molecule has 1 amide bonds. The summed E-state index contributed by atoms with van der Waals surface area (Å²) in [5.74, 6) is 0.00850. The summed E-state index contributed by atoms with van der Waals surface area (Å²) < 4.78 is 0. The van der Waals surface area contributed by atoms with Gasteiger partial charge in [0.25, 0.3) is 5.56 Å². The quantitative estimate of drug-likeness (QED) is 0.580. The van der Waals surface area contributed by atoms with Crippen molar-refractivity contribution >= 4 is 23.4 Å². The average molecular weight is 319 g/mol. The Morgan fingerprint density at radius 2 is 1.95 bits per heavy atom. The number of amides is 1. The Kier molecular flexibility index (Phi) is 5.21. The number of aryl methyl sites for hydroxylation is 2. The van der Waals surface area contributed by atoms with E-state index in [1.165, 1.54) is 11.8 Å². The van der Waals surface area contributed by atoms with Gasteiger partial charge in [0.1, 0.15) is 0 Å². The lowest BCUT2D eigenvalue weighted by atomic mass is 10.1. The van der Waals surface area contributed by atoms with Crippen LogP contribution in [0.2, 0.25) is 0 Å². The first-order valence-electron chi connectivity index (χ1n) is 6.73. The van der Waals surface area contributed by atoms with E-state index in [2.05, 4.69) is 15.3 Å². The lowest BCUT2D eigenvalue weighted by molar-refractivity contribution is -0.115. The zero-order valence-corrected chi connectivity index (χ0v) is 13.2. The summed E-state index contributed by atoms with van der Waals surface area (Å²) in [5, 5.41) is 12.4. The van der Waals surface area contributed by atoms with Crippen LogP contribution in [0.5, 0.6) is 5.88 Å². The Hall–Kier alpha value is -2.28. The van der Waals surface area contributed by atoms with Crippen LogP contribution in [0.3, 0.4) is 0 Å². The molecule has 6 nitrogen and oxygen atoms in total. The van der Waals surface area contributed by atoms with Crippen LogP contribution in [0.15, 0.2) is 34.2 Å². The highest BCUT2D eigenvalue weighted by molar-refractivity contribution is 7.99. The molecule has 0 aliphatic carbocycles. The molecule has 1 aromatic heterocycles. The summed E-state index contributed by atoms with van der Waals surface area (Å²) in [6, 6.07) is 6.85. The van der Waals surface area contributed by atoms with Gasteiger partial charge in [-0.3, -0.25) is 9.59 Å². The number of H-pyrrole nitrogens is 1. The molecule has 7 heteroatoms. The van der Waals surface area contributed by atoms with Crippen molar-refractivity contribution in [1.29, 1.82) is 0 Å². The normalized spacial score (nSPS) is 10.5. The fraction of sp³-hybridized carbons (Fsp3) is 0.267. The standard InChI is InChI=1S/C15H17N3O3S/c1-9-5-10(2)7-11(6-9)16-12(19)3-4-22-15-17-13(20)8-14(21)18-15/h5-8H,3-4H2,1-2H3,(H,16,19)(H2,17,18,20,21). The zero-order chi connectivity index (χ0) is 16.1. The van der Waals surface area contributed by atoms with Gasteiger partial charge < -0.3 is 15.4 Å². The van der Waals surface area contributed by atoms with Gasteiger partial charge in [-0.15, -0.1) is 0 Å². The van der Waals surface area contributed by atoms with E-state index in [-0.39, 0.29) is 18.2 Å². The molecule has 0 aliphatic rings. The second-order valence-electron chi connectivity index (χ2n) is 4.93. The van der Waals surface area contributed by atoms with Crippen molar-refractivity contribution in [3.8, 4) is 5.88 Å². The van der Waals surface area contributed by atoms with Crippen LogP contribution < -0.4 is 10.9 Å². The Balaban J connectivity index is 1.86. The molecular weight excluding hydrogens is 302 g/mol. The van der Waals surface area contributed by atoms with Crippen molar-refractivity contribution in [1.82, 2.24) is 9.97 Å². The van der Waals surface area contributed by atoms with Gasteiger partial charge in [-0.05, 0) is 37.1 Å². The van der Waals surface area contributed by atoms with E-state index in [1.807, 2.05) is 32.0 Å². The first-order chi connectivity index (χ1) is 10.4. The highest BCUT2D eigenvalue weighted by Crippen LogP contribution is 2.16. The Labute approximate surface area is 132 Å². The number of nitrogens with zero attached hydrogens (tertiary/aromatic N) is 1. The average Bonchev–Trinajstić information content (AvgIpc) is 2.35. The van der Waals surface area contributed by atoms with E-state index >= 15 is 0 Å². The molecule has 0 atom stereocenters. The molecule has 22 heavy (non-hydrogen) atoms. The van der Waals surface area contributed by atoms with Crippen molar-refractivity contribution in [2.45, 2.75) is 25.4 Å². The van der Waals surface area contributed by atoms with Gasteiger partial charge in [0.2, 0.25) is 11.8 Å². The van der Waals surface area contributed by atoms with Crippen LogP contribution in [0.25, 0.3) is 0 Å². The summed E-state index contributed by atoms with van der Waals surface area (Å²) in [7, 11) is 0. The number of benzene rings is 1. The summed E-state index contributed by atoms with van der Waals surface area (Å²) in [5.41, 5.74) is 2.53. The van der Waals surface area contributed by atoms with Gasteiger partial charge in [-0.1, -0.05) is 17.8 Å². The number of thioether (sulfide) groups is 1. The van der Waals surface area contributed by atoms with Crippen molar-refractivity contribution < 1.29 is 9.90 Å². The highest BCUT2D eigenvalue weighted by atomic mass is 32.2. The second kappa shape index (κ2) is 7.13. The third kappa shape index (κ3) is 4.92. The third-order valence-corrected chi connectivity index (χ3v) is 3.65. The maximum atomic E-state index is 11.9. The smallest absolute Gasteiger partial charge is 0.255 e. The second-order valence-corrected chi connectivity index (χ2v) is 6.02. The van der Waals surface area contributed by atoms with Gasteiger partial charge >= 0.3 is 0 Å². The summed E-state index contributed by atoms with van der Waals surface area (Å²) >= 11 is 1.21. The van der Waals surface area contributed by atoms with E-state index in [0.29, 0.717) is 10.9 Å². The van der Waals surface area contributed by atoms with Crippen molar-refractivity contribution in [3.05, 3.63) is 45.7 Å². The molecule has 2 aromatic rings. The number of carbonyl (C=O) groups is 1. The molecule has 3 N–H and O–H groups in total. The number of rotatable bonds is 5. The lowest BCUT2D eigenvalue weighted by Crippen LogP contribution is -2.13. The van der Waals surface area contributed by atoms with Crippen LogP contribution in [-0.2, 0) is 4.79 Å². The molecule has 116 valence electrons. The van der Waals surface area contributed by atoms with E-state index < -0.39 is 5.56 Å². The van der Waals surface area contributed by atoms with Crippen molar-refractivity contribution in [2.75, 3.05) is 11.1 Å². The number of anilines is 1. The third-order valence-electron chi connectivity index (χ3n) is 2.78. The van der Waals surface area contributed by atoms with Crippen LogP contribution in [0.1, 0.15) is 17.5 Å². The molecule has 2 rings (SSSR count). The number of aromatic nitrogens is 2. The predicted octanol–water partition coefficient (Wildman–Crippen LogP) is 2.21. The molecule has 1 heterocycles.